The third kappa shape index (κ3) is 4.80. The first kappa shape index (κ1) is 17.9. The molecule has 2 aromatic rings. The summed E-state index contributed by atoms with van der Waals surface area (Å²) in [5.74, 6) is 0.0436. The number of piperazine rings is 1. The molecule has 1 aliphatic rings. The van der Waals surface area contributed by atoms with Crippen molar-refractivity contribution in [1.82, 2.24) is 9.80 Å². The summed E-state index contributed by atoms with van der Waals surface area (Å²) in [6, 6.07) is 17.2. The Morgan fingerprint density at radius 1 is 0.962 bits per heavy atom. The van der Waals surface area contributed by atoms with Crippen molar-refractivity contribution < 1.29 is 9.59 Å². The topological polar surface area (TPSA) is 52.7 Å². The lowest BCUT2D eigenvalue weighted by Crippen LogP contribution is -2.48. The van der Waals surface area contributed by atoms with Crippen molar-refractivity contribution in [3.05, 3.63) is 71.8 Å². The van der Waals surface area contributed by atoms with Crippen LogP contribution in [0.15, 0.2) is 60.7 Å². The summed E-state index contributed by atoms with van der Waals surface area (Å²) in [6.07, 6.45) is 4.93. The highest BCUT2D eigenvalue weighted by Crippen LogP contribution is 2.13. The first-order chi connectivity index (χ1) is 12.8. The van der Waals surface area contributed by atoms with Gasteiger partial charge in [0.1, 0.15) is 0 Å². The Morgan fingerprint density at radius 3 is 2.31 bits per heavy atom. The predicted octanol–water partition coefficient (Wildman–Crippen LogP) is 2.73. The molecule has 0 unspecified atom stereocenters. The molecule has 0 radical (unpaired) electrons. The van der Waals surface area contributed by atoms with E-state index in [1.807, 2.05) is 23.1 Å². The molecule has 1 heterocycles. The molecule has 26 heavy (non-hydrogen) atoms. The average molecular weight is 349 g/mol. The van der Waals surface area contributed by atoms with E-state index in [1.54, 1.807) is 24.3 Å². The monoisotopic (exact) mass is 349 g/mol. The van der Waals surface area contributed by atoms with E-state index in [1.165, 1.54) is 5.56 Å². The van der Waals surface area contributed by atoms with E-state index < -0.39 is 0 Å². The van der Waals surface area contributed by atoms with E-state index in [0.717, 1.165) is 32.7 Å². The molecule has 0 spiro atoms. The normalized spacial score (nSPS) is 15.2. The van der Waals surface area contributed by atoms with Crippen LogP contribution >= 0.6 is 0 Å². The number of carbonyl (C=O) groups is 2. The number of nitrogens with one attached hydrogen (secondary N) is 1. The minimum atomic E-state index is 0.0436. The lowest BCUT2D eigenvalue weighted by Gasteiger charge is -2.34. The van der Waals surface area contributed by atoms with Crippen LogP contribution in [0, 0.1) is 0 Å². The third-order valence-corrected chi connectivity index (χ3v) is 4.49. The quantitative estimate of drug-likeness (QED) is 0.816. The van der Waals surface area contributed by atoms with Gasteiger partial charge < -0.3 is 10.2 Å². The number of anilines is 1. The number of benzene rings is 2. The fourth-order valence-corrected chi connectivity index (χ4v) is 3.00. The fraction of sp³-hybridized carbons (Fsp3) is 0.238. The Kier molecular flexibility index (Phi) is 6.17. The van der Waals surface area contributed by atoms with Crippen LogP contribution in [0.2, 0.25) is 0 Å². The van der Waals surface area contributed by atoms with Crippen molar-refractivity contribution in [2.24, 2.45) is 0 Å². The lowest BCUT2D eigenvalue weighted by atomic mass is 10.1. The molecule has 0 saturated carbocycles. The van der Waals surface area contributed by atoms with Crippen LogP contribution in [0.5, 0.6) is 0 Å². The minimum absolute atomic E-state index is 0.0436. The molecule has 5 heteroatoms. The summed E-state index contributed by atoms with van der Waals surface area (Å²) in [4.78, 5) is 27.2. The SMILES string of the molecule is O=CNc1ccc(C(=O)N2CCN(CC=Cc3ccccc3)CC2)cc1. The van der Waals surface area contributed by atoms with Gasteiger partial charge in [0.15, 0.2) is 0 Å². The Bertz CT molecular complexity index is 749. The second kappa shape index (κ2) is 8.97. The summed E-state index contributed by atoms with van der Waals surface area (Å²) >= 11 is 0. The Morgan fingerprint density at radius 2 is 1.65 bits per heavy atom. The summed E-state index contributed by atoms with van der Waals surface area (Å²) in [5, 5.41) is 2.57. The second-order valence-electron chi connectivity index (χ2n) is 6.25. The number of rotatable bonds is 6. The van der Waals surface area contributed by atoms with Crippen molar-refractivity contribution >= 4 is 24.1 Å². The molecule has 5 nitrogen and oxygen atoms in total. The molecule has 1 aliphatic heterocycles. The van der Waals surface area contributed by atoms with Gasteiger partial charge in [0, 0.05) is 44.0 Å². The maximum absolute atomic E-state index is 12.6. The first-order valence-corrected chi connectivity index (χ1v) is 8.80. The number of amides is 2. The zero-order valence-corrected chi connectivity index (χ0v) is 14.7. The number of hydrogen-bond acceptors (Lipinski definition) is 3. The molecule has 1 saturated heterocycles. The van der Waals surface area contributed by atoms with Gasteiger partial charge in [-0.3, -0.25) is 14.5 Å². The molecular weight excluding hydrogens is 326 g/mol. The maximum atomic E-state index is 12.6. The molecule has 1 fully saturated rings. The number of nitrogens with zero attached hydrogens (tertiary/aromatic N) is 2. The van der Waals surface area contributed by atoms with Crippen LogP contribution in [-0.2, 0) is 4.79 Å². The Balaban J connectivity index is 1.47. The van der Waals surface area contributed by atoms with Gasteiger partial charge in [-0.15, -0.1) is 0 Å². The van der Waals surface area contributed by atoms with Crippen LogP contribution < -0.4 is 5.32 Å². The molecule has 0 aromatic heterocycles. The van der Waals surface area contributed by atoms with E-state index in [9.17, 15) is 9.59 Å². The van der Waals surface area contributed by atoms with Gasteiger partial charge in [-0.2, -0.15) is 0 Å². The highest BCUT2D eigenvalue weighted by Gasteiger charge is 2.21. The summed E-state index contributed by atoms with van der Waals surface area (Å²) in [7, 11) is 0. The predicted molar refractivity (Wildman–Crippen MR) is 104 cm³/mol. The summed E-state index contributed by atoms with van der Waals surface area (Å²) < 4.78 is 0. The van der Waals surface area contributed by atoms with Crippen LogP contribution in [0.3, 0.4) is 0 Å². The highest BCUT2D eigenvalue weighted by atomic mass is 16.2. The van der Waals surface area contributed by atoms with Gasteiger partial charge in [0.25, 0.3) is 5.91 Å². The van der Waals surface area contributed by atoms with E-state index in [2.05, 4.69) is 34.5 Å². The average Bonchev–Trinajstić information content (AvgIpc) is 2.70. The molecule has 0 bridgehead atoms. The fourth-order valence-electron chi connectivity index (χ4n) is 3.00. The third-order valence-electron chi connectivity index (χ3n) is 4.49. The van der Waals surface area contributed by atoms with Crippen LogP contribution in [0.25, 0.3) is 6.08 Å². The Hall–Kier alpha value is -2.92. The van der Waals surface area contributed by atoms with Crippen LogP contribution in [0.4, 0.5) is 5.69 Å². The number of hydrogen-bond donors (Lipinski definition) is 1. The lowest BCUT2D eigenvalue weighted by molar-refractivity contribution is -0.105. The van der Waals surface area contributed by atoms with Crippen molar-refractivity contribution in [1.29, 1.82) is 0 Å². The van der Waals surface area contributed by atoms with Gasteiger partial charge >= 0.3 is 0 Å². The van der Waals surface area contributed by atoms with Gasteiger partial charge in [-0.1, -0.05) is 42.5 Å². The van der Waals surface area contributed by atoms with Crippen LogP contribution in [-0.4, -0.2) is 54.8 Å². The van der Waals surface area contributed by atoms with Crippen molar-refractivity contribution in [2.45, 2.75) is 0 Å². The van der Waals surface area contributed by atoms with Gasteiger partial charge in [0.05, 0.1) is 0 Å². The standard InChI is InChI=1S/C21H23N3O2/c25-17-22-20-10-8-19(9-11-20)21(26)24-15-13-23(14-16-24)12-4-7-18-5-2-1-3-6-18/h1-11,17H,12-16H2,(H,22,25). The largest absolute Gasteiger partial charge is 0.336 e. The molecule has 0 atom stereocenters. The van der Waals surface area contributed by atoms with Gasteiger partial charge in [-0.25, -0.2) is 0 Å². The molecule has 3 rings (SSSR count). The molecule has 0 aliphatic carbocycles. The zero-order valence-electron chi connectivity index (χ0n) is 14.7. The smallest absolute Gasteiger partial charge is 0.253 e. The molecule has 1 N–H and O–H groups in total. The minimum Gasteiger partial charge on any atom is -0.336 e. The maximum Gasteiger partial charge on any atom is 0.253 e. The van der Waals surface area contributed by atoms with E-state index in [4.69, 9.17) is 0 Å². The first-order valence-electron chi connectivity index (χ1n) is 8.80. The molecule has 2 aromatic carbocycles. The van der Waals surface area contributed by atoms with E-state index >= 15 is 0 Å². The van der Waals surface area contributed by atoms with Gasteiger partial charge in [-0.05, 0) is 29.8 Å². The van der Waals surface area contributed by atoms with Gasteiger partial charge in [0.2, 0.25) is 6.41 Å². The Labute approximate surface area is 153 Å². The summed E-state index contributed by atoms with van der Waals surface area (Å²) in [6.45, 7) is 4.09. The van der Waals surface area contributed by atoms with Crippen molar-refractivity contribution in [3.8, 4) is 0 Å². The van der Waals surface area contributed by atoms with Crippen molar-refractivity contribution in [3.63, 3.8) is 0 Å². The molecular formula is C21H23N3O2. The van der Waals surface area contributed by atoms with Crippen molar-refractivity contribution in [2.75, 3.05) is 38.0 Å². The summed E-state index contributed by atoms with van der Waals surface area (Å²) in [5.41, 5.74) is 2.54. The van der Waals surface area contributed by atoms with E-state index in [-0.39, 0.29) is 5.91 Å². The van der Waals surface area contributed by atoms with E-state index in [0.29, 0.717) is 17.7 Å². The highest BCUT2D eigenvalue weighted by molar-refractivity contribution is 5.94. The molecule has 134 valence electrons. The zero-order chi connectivity index (χ0) is 18.2. The van der Waals surface area contributed by atoms with Crippen LogP contribution in [0.1, 0.15) is 15.9 Å². The number of carbonyl (C=O) groups excluding carboxylic acids is 2. The molecule has 2 amide bonds. The second-order valence-corrected chi connectivity index (χ2v) is 6.25.